The highest BCUT2D eigenvalue weighted by Gasteiger charge is 2.46. The summed E-state index contributed by atoms with van der Waals surface area (Å²) in [6.45, 7) is 5.60. The van der Waals surface area contributed by atoms with E-state index in [0.29, 0.717) is 26.2 Å². The standard InChI is InChI=1S/C17H24N4O2/c1-2-14(22)21-6-5-17(10-21)11-23-9-13-8-19-16(20-15(13)17)18-7-12-3-4-12/h8,12H,2-7,9-11H2,1H3,(H,18,19,20)/t17-/m1/s1. The molecule has 1 spiro atoms. The third-order valence-corrected chi connectivity index (χ3v) is 5.26. The van der Waals surface area contributed by atoms with Crippen molar-refractivity contribution < 1.29 is 9.53 Å². The third-order valence-electron chi connectivity index (χ3n) is 5.26. The maximum atomic E-state index is 12.0. The maximum Gasteiger partial charge on any atom is 0.222 e. The van der Waals surface area contributed by atoms with Gasteiger partial charge in [0.05, 0.1) is 24.3 Å². The van der Waals surface area contributed by atoms with Crippen LogP contribution in [0.5, 0.6) is 0 Å². The number of nitrogens with one attached hydrogen (secondary N) is 1. The summed E-state index contributed by atoms with van der Waals surface area (Å²) in [6.07, 6.45) is 5.99. The molecule has 0 unspecified atom stereocenters. The van der Waals surface area contributed by atoms with Crippen LogP contribution in [0.4, 0.5) is 5.95 Å². The normalized spacial score (nSPS) is 26.4. The molecule has 6 heteroatoms. The second kappa shape index (κ2) is 5.74. The first kappa shape index (κ1) is 14.9. The van der Waals surface area contributed by atoms with Gasteiger partial charge in [-0.15, -0.1) is 0 Å². The molecule has 6 nitrogen and oxygen atoms in total. The monoisotopic (exact) mass is 316 g/mol. The number of rotatable bonds is 4. The smallest absolute Gasteiger partial charge is 0.222 e. The van der Waals surface area contributed by atoms with Gasteiger partial charge in [-0.2, -0.15) is 0 Å². The molecule has 124 valence electrons. The zero-order valence-electron chi connectivity index (χ0n) is 13.7. The highest BCUT2D eigenvalue weighted by molar-refractivity contribution is 5.76. The molecule has 1 atom stereocenters. The van der Waals surface area contributed by atoms with Gasteiger partial charge >= 0.3 is 0 Å². The molecule has 3 aliphatic rings. The van der Waals surface area contributed by atoms with Gasteiger partial charge in [0.25, 0.3) is 0 Å². The van der Waals surface area contributed by atoms with Crippen LogP contribution in [0.3, 0.4) is 0 Å². The zero-order valence-corrected chi connectivity index (χ0v) is 13.7. The first-order valence-electron chi connectivity index (χ1n) is 8.66. The fourth-order valence-corrected chi connectivity index (χ4v) is 3.66. The Morgan fingerprint density at radius 3 is 3.17 bits per heavy atom. The summed E-state index contributed by atoms with van der Waals surface area (Å²) in [5.74, 6) is 1.73. The minimum Gasteiger partial charge on any atom is -0.376 e. The van der Waals surface area contributed by atoms with Crippen molar-refractivity contribution >= 4 is 11.9 Å². The van der Waals surface area contributed by atoms with Crippen LogP contribution in [0.25, 0.3) is 0 Å². The number of fused-ring (bicyclic) bond motifs is 2. The Hall–Kier alpha value is -1.69. The van der Waals surface area contributed by atoms with E-state index in [4.69, 9.17) is 9.72 Å². The zero-order chi connectivity index (χ0) is 15.9. The summed E-state index contributed by atoms with van der Waals surface area (Å²) < 4.78 is 5.81. The van der Waals surface area contributed by atoms with E-state index < -0.39 is 0 Å². The Labute approximate surface area is 136 Å². The number of likely N-dealkylation sites (tertiary alicyclic amines) is 1. The molecule has 2 aliphatic heterocycles. The first-order valence-corrected chi connectivity index (χ1v) is 8.66. The van der Waals surface area contributed by atoms with Gasteiger partial charge in [0, 0.05) is 37.8 Å². The van der Waals surface area contributed by atoms with Crippen LogP contribution in [-0.2, 0) is 21.6 Å². The molecule has 1 aliphatic carbocycles. The van der Waals surface area contributed by atoms with E-state index in [-0.39, 0.29) is 11.3 Å². The molecule has 0 bridgehead atoms. The number of nitrogens with zero attached hydrogens (tertiary/aromatic N) is 3. The number of aromatic nitrogens is 2. The number of carbonyl (C=O) groups excluding carboxylic acids is 1. The van der Waals surface area contributed by atoms with E-state index in [1.165, 1.54) is 12.8 Å². The van der Waals surface area contributed by atoms with Crippen molar-refractivity contribution in [1.29, 1.82) is 0 Å². The van der Waals surface area contributed by atoms with Gasteiger partial charge < -0.3 is 15.0 Å². The van der Waals surface area contributed by atoms with E-state index in [1.54, 1.807) is 0 Å². The Bertz CT molecular complexity index is 617. The van der Waals surface area contributed by atoms with Gasteiger partial charge in [-0.3, -0.25) is 4.79 Å². The Balaban J connectivity index is 1.58. The molecule has 1 aromatic heterocycles. The number of anilines is 1. The number of ether oxygens (including phenoxy) is 1. The average Bonchev–Trinajstić information content (AvgIpc) is 3.32. The largest absolute Gasteiger partial charge is 0.376 e. The van der Waals surface area contributed by atoms with E-state index in [1.807, 2.05) is 18.0 Å². The fraction of sp³-hybridized carbons (Fsp3) is 0.706. The van der Waals surface area contributed by atoms with Crippen LogP contribution in [0.1, 0.15) is 43.9 Å². The lowest BCUT2D eigenvalue weighted by Crippen LogP contribution is -2.41. The number of hydrogen-bond acceptors (Lipinski definition) is 5. The van der Waals surface area contributed by atoms with Crippen LogP contribution in [0, 0.1) is 5.92 Å². The maximum absolute atomic E-state index is 12.0. The quantitative estimate of drug-likeness (QED) is 0.916. The van der Waals surface area contributed by atoms with Gasteiger partial charge in [-0.05, 0) is 25.2 Å². The van der Waals surface area contributed by atoms with Gasteiger partial charge in [-0.25, -0.2) is 9.97 Å². The molecule has 1 aromatic rings. The lowest BCUT2D eigenvalue weighted by Gasteiger charge is -2.34. The molecule has 0 radical (unpaired) electrons. The summed E-state index contributed by atoms with van der Waals surface area (Å²) in [6, 6.07) is 0. The lowest BCUT2D eigenvalue weighted by atomic mass is 9.80. The van der Waals surface area contributed by atoms with Crippen LogP contribution >= 0.6 is 0 Å². The first-order chi connectivity index (χ1) is 11.2. The Morgan fingerprint density at radius 1 is 1.52 bits per heavy atom. The topological polar surface area (TPSA) is 67.4 Å². The van der Waals surface area contributed by atoms with Crippen molar-refractivity contribution in [3.63, 3.8) is 0 Å². The van der Waals surface area contributed by atoms with Crippen LogP contribution in [0.15, 0.2) is 6.20 Å². The molecule has 1 N–H and O–H groups in total. The van der Waals surface area contributed by atoms with Crippen molar-refractivity contribution in [3.05, 3.63) is 17.5 Å². The van der Waals surface area contributed by atoms with Gasteiger partial charge in [0.1, 0.15) is 0 Å². The minimum absolute atomic E-state index is 0.155. The Morgan fingerprint density at radius 2 is 2.39 bits per heavy atom. The van der Waals surface area contributed by atoms with Crippen LogP contribution in [0.2, 0.25) is 0 Å². The Kier molecular flexibility index (Phi) is 3.71. The van der Waals surface area contributed by atoms with Crippen LogP contribution < -0.4 is 5.32 Å². The van der Waals surface area contributed by atoms with Crippen molar-refractivity contribution in [2.45, 2.75) is 44.6 Å². The second-order valence-electron chi connectivity index (χ2n) is 7.08. The lowest BCUT2D eigenvalue weighted by molar-refractivity contribution is -0.130. The molecular formula is C17H24N4O2. The van der Waals surface area contributed by atoms with E-state index >= 15 is 0 Å². The van der Waals surface area contributed by atoms with Crippen LogP contribution in [-0.4, -0.2) is 47.0 Å². The highest BCUT2D eigenvalue weighted by atomic mass is 16.5. The SMILES string of the molecule is CCC(=O)N1CC[C@]2(COCc3cnc(NCC4CC4)nc32)C1. The molecule has 1 saturated carbocycles. The number of carbonyl (C=O) groups is 1. The number of amides is 1. The molecule has 23 heavy (non-hydrogen) atoms. The molecule has 0 aromatic carbocycles. The second-order valence-corrected chi connectivity index (χ2v) is 7.08. The minimum atomic E-state index is -0.155. The van der Waals surface area contributed by atoms with Crippen molar-refractivity contribution in [2.75, 3.05) is 31.6 Å². The fourth-order valence-electron chi connectivity index (χ4n) is 3.66. The molecule has 1 saturated heterocycles. The summed E-state index contributed by atoms with van der Waals surface area (Å²) in [7, 11) is 0. The molecule has 1 amide bonds. The van der Waals surface area contributed by atoms with Gasteiger partial charge in [0.2, 0.25) is 11.9 Å². The summed E-state index contributed by atoms with van der Waals surface area (Å²) >= 11 is 0. The summed E-state index contributed by atoms with van der Waals surface area (Å²) in [5, 5.41) is 3.36. The highest BCUT2D eigenvalue weighted by Crippen LogP contribution is 2.39. The van der Waals surface area contributed by atoms with E-state index in [9.17, 15) is 4.79 Å². The molecule has 4 rings (SSSR count). The number of hydrogen-bond donors (Lipinski definition) is 1. The van der Waals surface area contributed by atoms with Crippen molar-refractivity contribution in [3.8, 4) is 0 Å². The summed E-state index contributed by atoms with van der Waals surface area (Å²) in [5.41, 5.74) is 2.00. The predicted molar refractivity (Wildman–Crippen MR) is 86.1 cm³/mol. The summed E-state index contributed by atoms with van der Waals surface area (Å²) in [4.78, 5) is 23.3. The van der Waals surface area contributed by atoms with E-state index in [2.05, 4.69) is 10.3 Å². The van der Waals surface area contributed by atoms with Gasteiger partial charge in [0.15, 0.2) is 0 Å². The molecule has 3 heterocycles. The van der Waals surface area contributed by atoms with Crippen molar-refractivity contribution in [2.24, 2.45) is 5.92 Å². The predicted octanol–water partition coefficient (Wildman–Crippen LogP) is 1.71. The van der Waals surface area contributed by atoms with E-state index in [0.717, 1.165) is 42.6 Å². The molecule has 2 fully saturated rings. The third kappa shape index (κ3) is 2.80. The van der Waals surface area contributed by atoms with Gasteiger partial charge in [-0.1, -0.05) is 6.92 Å². The molecular weight excluding hydrogens is 292 g/mol. The van der Waals surface area contributed by atoms with Crippen molar-refractivity contribution in [1.82, 2.24) is 14.9 Å². The average molecular weight is 316 g/mol.